The monoisotopic (exact) mass is 283 g/mol. The first-order valence-electron chi connectivity index (χ1n) is 5.33. The van der Waals surface area contributed by atoms with Crippen molar-refractivity contribution in [3.63, 3.8) is 0 Å². The number of benzene rings is 1. The first-order chi connectivity index (χ1) is 8.56. The molecule has 0 aliphatic carbocycles. The maximum Gasteiger partial charge on any atom is 0.303 e. The number of aromatic nitrogens is 1. The average Bonchev–Trinajstić information content (AvgIpc) is 2.70. The average molecular weight is 284 g/mol. The van der Waals surface area contributed by atoms with Crippen molar-refractivity contribution < 1.29 is 14.7 Å². The Balaban J connectivity index is 2.10. The lowest BCUT2D eigenvalue weighted by Gasteiger charge is -1.94. The number of ketones is 1. The van der Waals surface area contributed by atoms with Crippen LogP contribution in [0.2, 0.25) is 5.02 Å². The number of hydrogen-bond acceptors (Lipinski definition) is 4. The van der Waals surface area contributed by atoms with Crippen LogP contribution in [0, 0.1) is 0 Å². The molecule has 0 amide bonds. The Hall–Kier alpha value is -1.46. The van der Waals surface area contributed by atoms with Crippen molar-refractivity contribution >= 4 is 44.9 Å². The summed E-state index contributed by atoms with van der Waals surface area (Å²) in [5.74, 6) is -1.08. The van der Waals surface area contributed by atoms with Gasteiger partial charge in [-0.2, -0.15) is 0 Å². The molecule has 0 atom stereocenters. The number of thiazole rings is 1. The molecule has 2 rings (SSSR count). The highest BCUT2D eigenvalue weighted by molar-refractivity contribution is 7.18. The van der Waals surface area contributed by atoms with Crippen LogP contribution in [-0.2, 0) is 16.0 Å². The van der Waals surface area contributed by atoms with Crippen molar-refractivity contribution in [1.29, 1.82) is 0 Å². The third kappa shape index (κ3) is 3.05. The molecule has 0 saturated heterocycles. The van der Waals surface area contributed by atoms with Crippen molar-refractivity contribution in [1.82, 2.24) is 4.98 Å². The van der Waals surface area contributed by atoms with Gasteiger partial charge in [0.2, 0.25) is 0 Å². The molecule has 1 aromatic carbocycles. The Bertz CT molecular complexity index is 608. The summed E-state index contributed by atoms with van der Waals surface area (Å²) in [5, 5.41) is 9.73. The number of halogens is 1. The number of Topliss-reactive ketones (excluding diaryl/α,β-unsaturated/α-hetero) is 1. The van der Waals surface area contributed by atoms with Crippen LogP contribution < -0.4 is 0 Å². The van der Waals surface area contributed by atoms with Gasteiger partial charge in [0.1, 0.15) is 16.3 Å². The second-order valence-electron chi connectivity index (χ2n) is 3.80. The number of para-hydroxylation sites is 1. The topological polar surface area (TPSA) is 67.3 Å². The molecule has 0 aliphatic heterocycles. The Morgan fingerprint density at radius 3 is 2.78 bits per heavy atom. The molecule has 94 valence electrons. The maximum atomic E-state index is 11.5. The molecule has 0 unspecified atom stereocenters. The summed E-state index contributed by atoms with van der Waals surface area (Å²) in [6, 6.07) is 5.47. The number of aliphatic carboxylic acids is 1. The zero-order valence-corrected chi connectivity index (χ0v) is 10.9. The zero-order valence-electron chi connectivity index (χ0n) is 9.35. The number of nitrogens with zero attached hydrogens (tertiary/aromatic N) is 1. The van der Waals surface area contributed by atoms with Gasteiger partial charge in [-0.3, -0.25) is 9.59 Å². The van der Waals surface area contributed by atoms with E-state index in [1.807, 2.05) is 12.1 Å². The fourth-order valence-electron chi connectivity index (χ4n) is 1.54. The highest BCUT2D eigenvalue weighted by atomic mass is 35.5. The highest BCUT2D eigenvalue weighted by Crippen LogP contribution is 2.28. The largest absolute Gasteiger partial charge is 0.481 e. The summed E-state index contributed by atoms with van der Waals surface area (Å²) in [7, 11) is 0. The second kappa shape index (κ2) is 5.46. The smallest absolute Gasteiger partial charge is 0.303 e. The van der Waals surface area contributed by atoms with E-state index in [0.29, 0.717) is 15.5 Å². The number of carboxylic acids is 1. The van der Waals surface area contributed by atoms with Gasteiger partial charge in [-0.15, -0.1) is 11.3 Å². The number of carbonyl (C=O) groups excluding carboxylic acids is 1. The molecule has 0 spiro atoms. The van der Waals surface area contributed by atoms with Crippen LogP contribution in [0.15, 0.2) is 18.2 Å². The van der Waals surface area contributed by atoms with Gasteiger partial charge in [0, 0.05) is 6.42 Å². The van der Waals surface area contributed by atoms with Crippen molar-refractivity contribution in [2.24, 2.45) is 0 Å². The van der Waals surface area contributed by atoms with Crippen LogP contribution in [0.5, 0.6) is 0 Å². The Labute approximate surface area is 112 Å². The Kier molecular flexibility index (Phi) is 3.93. The van der Waals surface area contributed by atoms with Gasteiger partial charge in [-0.1, -0.05) is 17.7 Å². The normalized spacial score (nSPS) is 10.7. The van der Waals surface area contributed by atoms with Crippen LogP contribution in [0.1, 0.15) is 17.8 Å². The van der Waals surface area contributed by atoms with E-state index in [1.54, 1.807) is 6.07 Å². The fraction of sp³-hybridized carbons (Fsp3) is 0.250. The predicted molar refractivity (Wildman–Crippen MR) is 70.2 cm³/mol. The molecule has 1 heterocycles. The highest BCUT2D eigenvalue weighted by Gasteiger charge is 2.11. The number of hydrogen-bond donors (Lipinski definition) is 1. The fourth-order valence-corrected chi connectivity index (χ4v) is 2.84. The van der Waals surface area contributed by atoms with E-state index in [-0.39, 0.29) is 25.0 Å². The standard InChI is InChI=1S/C12H10ClNO3S/c13-8-2-1-3-9-12(8)14-10(18-9)6-7(15)4-5-11(16)17/h1-3H,4-6H2,(H,16,17). The Morgan fingerprint density at radius 2 is 2.11 bits per heavy atom. The summed E-state index contributed by atoms with van der Waals surface area (Å²) < 4.78 is 0.934. The second-order valence-corrected chi connectivity index (χ2v) is 5.33. The van der Waals surface area contributed by atoms with Gasteiger partial charge in [-0.25, -0.2) is 4.98 Å². The molecule has 0 radical (unpaired) electrons. The van der Waals surface area contributed by atoms with Crippen molar-refractivity contribution in [3.8, 4) is 0 Å². The third-order valence-electron chi connectivity index (χ3n) is 2.38. The van der Waals surface area contributed by atoms with E-state index in [0.717, 1.165) is 4.70 Å². The number of fused-ring (bicyclic) bond motifs is 1. The lowest BCUT2D eigenvalue weighted by Crippen LogP contribution is -2.05. The summed E-state index contributed by atoms with van der Waals surface area (Å²) >= 11 is 7.40. The van der Waals surface area contributed by atoms with Crippen LogP contribution in [0.25, 0.3) is 10.2 Å². The minimum absolute atomic E-state index is 0.0407. The molecule has 6 heteroatoms. The summed E-state index contributed by atoms with van der Waals surface area (Å²) in [6.07, 6.45) is 0.0758. The summed E-state index contributed by atoms with van der Waals surface area (Å²) in [4.78, 5) is 26.2. The quantitative estimate of drug-likeness (QED) is 0.916. The molecule has 1 N–H and O–H groups in total. The van der Waals surface area contributed by atoms with Crippen LogP contribution in [-0.4, -0.2) is 21.8 Å². The van der Waals surface area contributed by atoms with Gasteiger partial charge in [-0.05, 0) is 12.1 Å². The maximum absolute atomic E-state index is 11.5. The van der Waals surface area contributed by atoms with Gasteiger partial charge in [0.15, 0.2) is 0 Å². The van der Waals surface area contributed by atoms with Gasteiger partial charge in [0.05, 0.1) is 22.6 Å². The molecule has 0 bridgehead atoms. The molecular formula is C12H10ClNO3S. The predicted octanol–water partition coefficient (Wildman–Crippen LogP) is 2.93. The number of carbonyl (C=O) groups is 2. The first kappa shape index (κ1) is 13.0. The molecule has 1 aromatic heterocycles. The van der Waals surface area contributed by atoms with E-state index in [4.69, 9.17) is 16.7 Å². The molecule has 2 aromatic rings. The van der Waals surface area contributed by atoms with Crippen LogP contribution in [0.3, 0.4) is 0 Å². The van der Waals surface area contributed by atoms with E-state index in [2.05, 4.69) is 4.98 Å². The van der Waals surface area contributed by atoms with Crippen molar-refractivity contribution in [2.75, 3.05) is 0 Å². The minimum Gasteiger partial charge on any atom is -0.481 e. The molecular weight excluding hydrogens is 274 g/mol. The minimum atomic E-state index is -0.962. The lowest BCUT2D eigenvalue weighted by molar-refractivity contribution is -0.138. The van der Waals surface area contributed by atoms with E-state index in [9.17, 15) is 9.59 Å². The summed E-state index contributed by atoms with van der Waals surface area (Å²) in [5.41, 5.74) is 0.699. The summed E-state index contributed by atoms with van der Waals surface area (Å²) in [6.45, 7) is 0. The van der Waals surface area contributed by atoms with E-state index >= 15 is 0 Å². The van der Waals surface area contributed by atoms with E-state index < -0.39 is 5.97 Å². The molecule has 0 saturated carbocycles. The van der Waals surface area contributed by atoms with Gasteiger partial charge in [0.25, 0.3) is 0 Å². The molecule has 4 nitrogen and oxygen atoms in total. The van der Waals surface area contributed by atoms with Crippen LogP contribution >= 0.6 is 22.9 Å². The zero-order chi connectivity index (χ0) is 13.1. The van der Waals surface area contributed by atoms with Crippen molar-refractivity contribution in [2.45, 2.75) is 19.3 Å². The molecule has 0 aliphatic rings. The molecule has 0 fully saturated rings. The van der Waals surface area contributed by atoms with Crippen molar-refractivity contribution in [3.05, 3.63) is 28.2 Å². The first-order valence-corrected chi connectivity index (χ1v) is 6.53. The van der Waals surface area contributed by atoms with Gasteiger partial charge < -0.3 is 5.11 Å². The molecule has 18 heavy (non-hydrogen) atoms. The van der Waals surface area contributed by atoms with Gasteiger partial charge >= 0.3 is 5.97 Å². The third-order valence-corrected chi connectivity index (χ3v) is 3.71. The SMILES string of the molecule is O=C(O)CCC(=O)Cc1nc2c(Cl)cccc2s1. The lowest BCUT2D eigenvalue weighted by atomic mass is 10.2. The Morgan fingerprint density at radius 1 is 1.33 bits per heavy atom. The number of carboxylic acid groups (broad SMARTS) is 1. The number of rotatable bonds is 5. The van der Waals surface area contributed by atoms with E-state index in [1.165, 1.54) is 11.3 Å². The van der Waals surface area contributed by atoms with Crippen LogP contribution in [0.4, 0.5) is 0 Å².